The van der Waals surface area contributed by atoms with Gasteiger partial charge >= 0.3 is 5.97 Å². The van der Waals surface area contributed by atoms with Gasteiger partial charge in [0, 0.05) is 11.4 Å². The van der Waals surface area contributed by atoms with Gasteiger partial charge in [-0.3, -0.25) is 4.79 Å². The van der Waals surface area contributed by atoms with Gasteiger partial charge < -0.3 is 10.0 Å². The number of rotatable bonds is 6. The Labute approximate surface area is 128 Å². The third kappa shape index (κ3) is 3.76. The molecular formula is C15H18N2O3S. The van der Waals surface area contributed by atoms with Crippen molar-refractivity contribution in [1.82, 2.24) is 4.90 Å². The fourth-order valence-electron chi connectivity index (χ4n) is 1.93. The number of aliphatic carboxylic acids is 1. The number of thioether (sulfide) groups is 1. The highest BCUT2D eigenvalue weighted by Crippen LogP contribution is 2.26. The Hall–Kier alpha value is -2.00. The van der Waals surface area contributed by atoms with Crippen LogP contribution in [0.2, 0.25) is 0 Å². The summed E-state index contributed by atoms with van der Waals surface area (Å²) in [4.78, 5) is 26.1. The van der Waals surface area contributed by atoms with Crippen LogP contribution in [0.5, 0.6) is 0 Å². The van der Waals surface area contributed by atoms with Gasteiger partial charge in [0.15, 0.2) is 0 Å². The number of likely N-dealkylation sites (N-methyl/N-ethyl adjacent to an activating group) is 1. The van der Waals surface area contributed by atoms with E-state index in [0.29, 0.717) is 10.5 Å². The number of hydrogen-bond acceptors (Lipinski definition) is 4. The van der Waals surface area contributed by atoms with E-state index in [1.54, 1.807) is 31.2 Å². The highest BCUT2D eigenvalue weighted by Gasteiger charge is 2.37. The van der Waals surface area contributed by atoms with Crippen molar-refractivity contribution >= 4 is 23.6 Å². The van der Waals surface area contributed by atoms with Crippen molar-refractivity contribution < 1.29 is 14.7 Å². The van der Waals surface area contributed by atoms with Crippen molar-refractivity contribution in [2.45, 2.75) is 31.2 Å². The summed E-state index contributed by atoms with van der Waals surface area (Å²) in [5, 5.41) is 18.0. The standard InChI is InChI=1S/C15H18N2O3S/c1-4-17(15(2,3)14(19)20)13(18)11-7-5-6-8-12(11)21-10-9-16/h5-8H,4,10H2,1-3H3,(H,19,20). The first kappa shape index (κ1) is 17.1. The Morgan fingerprint density at radius 1 is 1.38 bits per heavy atom. The number of carboxylic acids is 1. The summed E-state index contributed by atoms with van der Waals surface area (Å²) >= 11 is 1.27. The van der Waals surface area contributed by atoms with E-state index in [1.807, 2.05) is 6.07 Å². The van der Waals surface area contributed by atoms with Gasteiger partial charge in [0.2, 0.25) is 0 Å². The normalized spacial score (nSPS) is 10.8. The molecule has 0 aromatic heterocycles. The molecule has 0 bridgehead atoms. The van der Waals surface area contributed by atoms with Crippen molar-refractivity contribution in [3.8, 4) is 6.07 Å². The van der Waals surface area contributed by atoms with Crippen molar-refractivity contribution in [3.63, 3.8) is 0 Å². The van der Waals surface area contributed by atoms with E-state index in [2.05, 4.69) is 0 Å². The molecule has 0 saturated heterocycles. The summed E-state index contributed by atoms with van der Waals surface area (Å²) < 4.78 is 0. The first-order chi connectivity index (χ1) is 9.86. The predicted molar refractivity (Wildman–Crippen MR) is 81.2 cm³/mol. The summed E-state index contributed by atoms with van der Waals surface area (Å²) in [5.74, 6) is -1.16. The zero-order valence-corrected chi connectivity index (χ0v) is 13.1. The number of carbonyl (C=O) groups is 2. The van der Waals surface area contributed by atoms with Crippen LogP contribution in [0, 0.1) is 11.3 Å². The van der Waals surface area contributed by atoms with Crippen molar-refractivity contribution in [2.24, 2.45) is 0 Å². The Morgan fingerprint density at radius 2 is 2.00 bits per heavy atom. The Balaban J connectivity index is 3.18. The monoisotopic (exact) mass is 306 g/mol. The highest BCUT2D eigenvalue weighted by atomic mass is 32.2. The number of hydrogen-bond donors (Lipinski definition) is 1. The molecule has 112 valence electrons. The summed E-state index contributed by atoms with van der Waals surface area (Å²) in [5.41, 5.74) is -0.868. The minimum atomic E-state index is -1.29. The van der Waals surface area contributed by atoms with E-state index in [0.717, 1.165) is 0 Å². The number of nitrogens with zero attached hydrogens (tertiary/aromatic N) is 2. The van der Waals surface area contributed by atoms with Crippen LogP contribution in [0.1, 0.15) is 31.1 Å². The molecule has 0 radical (unpaired) electrons. The molecule has 0 aliphatic carbocycles. The lowest BCUT2D eigenvalue weighted by Crippen LogP contribution is -2.53. The molecular weight excluding hydrogens is 288 g/mol. The largest absolute Gasteiger partial charge is 0.480 e. The Kier molecular flexibility index (Phi) is 5.79. The summed E-state index contributed by atoms with van der Waals surface area (Å²) in [6.45, 7) is 5.03. The average Bonchev–Trinajstić information content (AvgIpc) is 2.45. The maximum Gasteiger partial charge on any atom is 0.329 e. The van der Waals surface area contributed by atoms with Crippen LogP contribution in [0.25, 0.3) is 0 Å². The molecule has 1 rings (SSSR count). The predicted octanol–water partition coefficient (Wildman–Crippen LogP) is 2.63. The Morgan fingerprint density at radius 3 is 2.52 bits per heavy atom. The topological polar surface area (TPSA) is 81.4 Å². The van der Waals surface area contributed by atoms with Crippen molar-refractivity contribution in [1.29, 1.82) is 5.26 Å². The van der Waals surface area contributed by atoms with Gasteiger partial charge in [0.1, 0.15) is 5.54 Å². The molecule has 0 heterocycles. The molecule has 1 amide bonds. The van der Waals surface area contributed by atoms with E-state index in [9.17, 15) is 14.7 Å². The summed E-state index contributed by atoms with van der Waals surface area (Å²) in [6.07, 6.45) is 0. The second-order valence-corrected chi connectivity index (χ2v) is 5.87. The Bertz CT molecular complexity index is 579. The maximum absolute atomic E-state index is 12.7. The fourth-order valence-corrected chi connectivity index (χ4v) is 2.64. The van der Waals surface area contributed by atoms with E-state index in [4.69, 9.17) is 5.26 Å². The maximum atomic E-state index is 12.7. The number of carboxylic acid groups (broad SMARTS) is 1. The molecule has 6 heteroatoms. The first-order valence-corrected chi connectivity index (χ1v) is 7.49. The quantitative estimate of drug-likeness (QED) is 0.817. The van der Waals surface area contributed by atoms with E-state index >= 15 is 0 Å². The van der Waals surface area contributed by atoms with Gasteiger partial charge in [0.25, 0.3) is 5.91 Å². The lowest BCUT2D eigenvalue weighted by molar-refractivity contribution is -0.147. The van der Waals surface area contributed by atoms with Gasteiger partial charge in [0.05, 0.1) is 17.4 Å². The molecule has 0 aliphatic heterocycles. The van der Waals surface area contributed by atoms with Crippen LogP contribution in [-0.4, -0.2) is 39.7 Å². The molecule has 5 nitrogen and oxygen atoms in total. The molecule has 0 fully saturated rings. The zero-order chi connectivity index (χ0) is 16.0. The van der Waals surface area contributed by atoms with Crippen LogP contribution >= 0.6 is 11.8 Å². The molecule has 1 aromatic carbocycles. The van der Waals surface area contributed by atoms with Crippen LogP contribution in [0.15, 0.2) is 29.2 Å². The van der Waals surface area contributed by atoms with Gasteiger partial charge in [-0.15, -0.1) is 11.8 Å². The lowest BCUT2D eigenvalue weighted by atomic mass is 10.0. The first-order valence-electron chi connectivity index (χ1n) is 6.50. The number of carbonyl (C=O) groups excluding carboxylic acids is 1. The van der Waals surface area contributed by atoms with E-state index in [1.165, 1.54) is 30.5 Å². The van der Waals surface area contributed by atoms with Crippen molar-refractivity contribution in [2.75, 3.05) is 12.3 Å². The van der Waals surface area contributed by atoms with Gasteiger partial charge in [-0.2, -0.15) is 5.26 Å². The molecule has 0 spiro atoms. The fraction of sp³-hybridized carbons (Fsp3) is 0.400. The molecule has 0 aliphatic rings. The SMILES string of the molecule is CCN(C(=O)c1ccccc1SCC#N)C(C)(C)C(=O)O. The summed E-state index contributed by atoms with van der Waals surface area (Å²) in [6, 6.07) is 8.95. The molecule has 1 aromatic rings. The van der Waals surface area contributed by atoms with Crippen molar-refractivity contribution in [3.05, 3.63) is 29.8 Å². The van der Waals surface area contributed by atoms with E-state index in [-0.39, 0.29) is 18.2 Å². The highest BCUT2D eigenvalue weighted by molar-refractivity contribution is 7.99. The van der Waals surface area contributed by atoms with Crippen LogP contribution in [0.3, 0.4) is 0 Å². The minimum Gasteiger partial charge on any atom is -0.480 e. The lowest BCUT2D eigenvalue weighted by Gasteiger charge is -2.34. The third-order valence-electron chi connectivity index (χ3n) is 3.17. The van der Waals surface area contributed by atoms with Gasteiger partial charge in [-0.1, -0.05) is 12.1 Å². The molecule has 0 saturated carbocycles. The molecule has 0 atom stereocenters. The molecule has 0 unspecified atom stereocenters. The van der Waals surface area contributed by atoms with Crippen LogP contribution in [-0.2, 0) is 4.79 Å². The molecule has 1 N–H and O–H groups in total. The average molecular weight is 306 g/mol. The minimum absolute atomic E-state index is 0.235. The number of benzene rings is 1. The third-order valence-corrected chi connectivity index (χ3v) is 4.11. The zero-order valence-electron chi connectivity index (χ0n) is 12.3. The second-order valence-electron chi connectivity index (χ2n) is 4.86. The van der Waals surface area contributed by atoms with Gasteiger partial charge in [-0.25, -0.2) is 4.79 Å². The van der Waals surface area contributed by atoms with Crippen LogP contribution in [0.4, 0.5) is 0 Å². The number of nitriles is 1. The number of amides is 1. The van der Waals surface area contributed by atoms with Crippen LogP contribution < -0.4 is 0 Å². The summed E-state index contributed by atoms with van der Waals surface area (Å²) in [7, 11) is 0. The smallest absolute Gasteiger partial charge is 0.329 e. The molecule has 21 heavy (non-hydrogen) atoms. The second kappa shape index (κ2) is 7.14. The van der Waals surface area contributed by atoms with Gasteiger partial charge in [-0.05, 0) is 32.9 Å². The van der Waals surface area contributed by atoms with E-state index < -0.39 is 11.5 Å².